The number of nitrogens with zero attached hydrogens (tertiary/aromatic N) is 2. The number of nitrogens with one attached hydrogen (secondary N) is 1. The molecular weight excluding hydrogens is 326 g/mol. The van der Waals surface area contributed by atoms with Crippen LogP contribution in [0.4, 0.5) is 5.69 Å². The normalized spacial score (nSPS) is 14.3. The topological polar surface area (TPSA) is 56.2 Å². The average Bonchev–Trinajstić information content (AvgIpc) is 3.37. The van der Waals surface area contributed by atoms with Crippen LogP contribution >= 0.6 is 0 Å². The fourth-order valence-corrected chi connectivity index (χ4v) is 3.22. The largest absolute Gasteiger partial charge is 0.490 e. The van der Waals surface area contributed by atoms with Gasteiger partial charge in [0.15, 0.2) is 0 Å². The van der Waals surface area contributed by atoms with Crippen LogP contribution in [0.2, 0.25) is 0 Å². The molecule has 0 aliphatic heterocycles. The molecule has 5 nitrogen and oxygen atoms in total. The van der Waals surface area contributed by atoms with Gasteiger partial charge in [0.25, 0.3) is 5.91 Å². The minimum atomic E-state index is -0.132. The smallest absolute Gasteiger partial charge is 0.255 e. The van der Waals surface area contributed by atoms with Crippen molar-refractivity contribution in [2.75, 3.05) is 5.32 Å². The summed E-state index contributed by atoms with van der Waals surface area (Å²) >= 11 is 0. The minimum absolute atomic E-state index is 0.132. The molecule has 2 aromatic carbocycles. The van der Waals surface area contributed by atoms with Gasteiger partial charge in [0.2, 0.25) is 0 Å². The number of ether oxygens (including phenoxy) is 1. The summed E-state index contributed by atoms with van der Waals surface area (Å²) in [5.41, 5.74) is 2.36. The summed E-state index contributed by atoms with van der Waals surface area (Å²) in [7, 11) is 0. The Balaban J connectivity index is 1.38. The predicted molar refractivity (Wildman–Crippen MR) is 101 cm³/mol. The van der Waals surface area contributed by atoms with E-state index >= 15 is 0 Å². The molecule has 132 valence electrons. The van der Waals surface area contributed by atoms with Crippen molar-refractivity contribution < 1.29 is 9.53 Å². The maximum atomic E-state index is 12.4. The van der Waals surface area contributed by atoms with E-state index in [4.69, 9.17) is 4.74 Å². The number of hydrogen-bond acceptors (Lipinski definition) is 3. The van der Waals surface area contributed by atoms with Crippen LogP contribution < -0.4 is 10.1 Å². The number of rotatable bonds is 5. The summed E-state index contributed by atoms with van der Waals surface area (Å²) in [6, 6.07) is 15.0. The van der Waals surface area contributed by atoms with Crippen LogP contribution in [-0.2, 0) is 0 Å². The van der Waals surface area contributed by atoms with Crippen molar-refractivity contribution in [3.63, 3.8) is 0 Å². The van der Waals surface area contributed by atoms with Crippen LogP contribution in [-0.4, -0.2) is 21.6 Å². The Kier molecular flexibility index (Phi) is 4.69. The molecule has 0 bridgehead atoms. The molecule has 1 saturated carbocycles. The van der Waals surface area contributed by atoms with Crippen LogP contribution in [0.25, 0.3) is 5.69 Å². The molecule has 0 atom stereocenters. The summed E-state index contributed by atoms with van der Waals surface area (Å²) in [4.78, 5) is 16.4. The van der Waals surface area contributed by atoms with Gasteiger partial charge in [-0.15, -0.1) is 0 Å². The van der Waals surface area contributed by atoms with Gasteiger partial charge in [-0.05, 0) is 74.2 Å². The van der Waals surface area contributed by atoms with E-state index in [0.29, 0.717) is 11.7 Å². The molecule has 0 unspecified atom stereocenters. The molecule has 5 heteroatoms. The van der Waals surface area contributed by atoms with E-state index in [1.807, 2.05) is 47.2 Å². The molecule has 4 rings (SSSR count). The van der Waals surface area contributed by atoms with Crippen molar-refractivity contribution in [3.8, 4) is 11.4 Å². The maximum Gasteiger partial charge on any atom is 0.255 e. The highest BCUT2D eigenvalue weighted by atomic mass is 16.5. The number of amides is 1. The Labute approximate surface area is 152 Å². The Morgan fingerprint density at radius 3 is 2.42 bits per heavy atom. The minimum Gasteiger partial charge on any atom is -0.490 e. The van der Waals surface area contributed by atoms with Gasteiger partial charge in [-0.2, -0.15) is 0 Å². The van der Waals surface area contributed by atoms with E-state index < -0.39 is 0 Å². The molecule has 1 fully saturated rings. The van der Waals surface area contributed by atoms with Gasteiger partial charge in [0.1, 0.15) is 5.75 Å². The van der Waals surface area contributed by atoms with Crippen LogP contribution in [0.3, 0.4) is 0 Å². The number of carbonyl (C=O) groups is 1. The number of hydrogen-bond donors (Lipinski definition) is 1. The van der Waals surface area contributed by atoms with Gasteiger partial charge in [0, 0.05) is 29.3 Å². The van der Waals surface area contributed by atoms with Gasteiger partial charge in [0.05, 0.1) is 12.4 Å². The average molecular weight is 347 g/mol. The van der Waals surface area contributed by atoms with Gasteiger partial charge in [-0.25, -0.2) is 4.98 Å². The molecule has 0 spiro atoms. The van der Waals surface area contributed by atoms with Crippen molar-refractivity contribution in [1.82, 2.24) is 9.55 Å². The SMILES string of the molecule is O=C(Nc1ccc(-n2ccnc2)cc1)c1ccc(OC2CCCC2)cc1. The second-order valence-corrected chi connectivity index (χ2v) is 6.52. The van der Waals surface area contributed by atoms with Gasteiger partial charge in [-0.3, -0.25) is 4.79 Å². The maximum absolute atomic E-state index is 12.4. The predicted octanol–water partition coefficient (Wildman–Crippen LogP) is 4.45. The van der Waals surface area contributed by atoms with Gasteiger partial charge < -0.3 is 14.6 Å². The summed E-state index contributed by atoms with van der Waals surface area (Å²) in [5, 5.41) is 2.92. The van der Waals surface area contributed by atoms with Gasteiger partial charge in [-0.1, -0.05) is 0 Å². The molecule has 0 saturated heterocycles. The third-order valence-electron chi connectivity index (χ3n) is 4.65. The van der Waals surface area contributed by atoms with Crippen molar-refractivity contribution in [3.05, 3.63) is 72.8 Å². The fraction of sp³-hybridized carbons (Fsp3) is 0.238. The van der Waals surface area contributed by atoms with Crippen molar-refractivity contribution in [2.24, 2.45) is 0 Å². The zero-order valence-corrected chi connectivity index (χ0v) is 14.5. The molecule has 1 heterocycles. The first-order valence-electron chi connectivity index (χ1n) is 8.94. The van der Waals surface area contributed by atoms with E-state index in [-0.39, 0.29) is 5.91 Å². The van der Waals surface area contributed by atoms with E-state index in [1.54, 1.807) is 24.7 Å². The summed E-state index contributed by atoms with van der Waals surface area (Å²) in [6.07, 6.45) is 10.4. The summed E-state index contributed by atoms with van der Waals surface area (Å²) < 4.78 is 7.85. The summed E-state index contributed by atoms with van der Waals surface area (Å²) in [6.45, 7) is 0. The quantitative estimate of drug-likeness (QED) is 0.742. The lowest BCUT2D eigenvalue weighted by molar-refractivity contribution is 0.102. The highest BCUT2D eigenvalue weighted by Gasteiger charge is 2.16. The number of anilines is 1. The number of benzene rings is 2. The molecule has 1 aliphatic carbocycles. The lowest BCUT2D eigenvalue weighted by atomic mass is 10.2. The second kappa shape index (κ2) is 7.44. The highest BCUT2D eigenvalue weighted by molar-refractivity contribution is 6.04. The van der Waals surface area contributed by atoms with Gasteiger partial charge >= 0.3 is 0 Å². The summed E-state index contributed by atoms with van der Waals surface area (Å²) in [5.74, 6) is 0.700. The fourth-order valence-electron chi connectivity index (χ4n) is 3.22. The first kappa shape index (κ1) is 16.4. The molecule has 1 N–H and O–H groups in total. The van der Waals surface area contributed by atoms with Crippen molar-refractivity contribution in [1.29, 1.82) is 0 Å². The second-order valence-electron chi connectivity index (χ2n) is 6.52. The van der Waals surface area contributed by atoms with E-state index in [2.05, 4.69) is 10.3 Å². The molecular formula is C21H21N3O2. The van der Waals surface area contributed by atoms with Crippen LogP contribution in [0.15, 0.2) is 67.3 Å². The van der Waals surface area contributed by atoms with Crippen molar-refractivity contribution >= 4 is 11.6 Å². The molecule has 3 aromatic rings. The van der Waals surface area contributed by atoms with E-state index in [0.717, 1.165) is 30.0 Å². The Hall–Kier alpha value is -3.08. The van der Waals surface area contributed by atoms with Crippen molar-refractivity contribution in [2.45, 2.75) is 31.8 Å². The molecule has 26 heavy (non-hydrogen) atoms. The first-order valence-corrected chi connectivity index (χ1v) is 8.94. The standard InChI is InChI=1S/C21H21N3O2/c25-21(16-5-11-20(12-6-16)26-19-3-1-2-4-19)23-17-7-9-18(10-8-17)24-14-13-22-15-24/h5-15,19H,1-4H2,(H,23,25). The highest BCUT2D eigenvalue weighted by Crippen LogP contribution is 2.24. The Bertz CT molecular complexity index is 849. The molecule has 1 amide bonds. The zero-order valence-electron chi connectivity index (χ0n) is 14.5. The third-order valence-corrected chi connectivity index (χ3v) is 4.65. The molecule has 0 radical (unpaired) electrons. The number of imidazole rings is 1. The van der Waals surface area contributed by atoms with Crippen LogP contribution in [0.5, 0.6) is 5.75 Å². The van der Waals surface area contributed by atoms with Crippen LogP contribution in [0.1, 0.15) is 36.0 Å². The van der Waals surface area contributed by atoms with Crippen LogP contribution in [0, 0.1) is 0 Å². The lowest BCUT2D eigenvalue weighted by Crippen LogP contribution is -2.13. The number of aromatic nitrogens is 2. The van der Waals surface area contributed by atoms with E-state index in [9.17, 15) is 4.79 Å². The molecule has 1 aromatic heterocycles. The number of carbonyl (C=O) groups excluding carboxylic acids is 1. The van der Waals surface area contributed by atoms with E-state index in [1.165, 1.54) is 12.8 Å². The molecule has 1 aliphatic rings. The Morgan fingerprint density at radius 2 is 1.77 bits per heavy atom. The Morgan fingerprint density at radius 1 is 1.04 bits per heavy atom. The third kappa shape index (κ3) is 3.77. The lowest BCUT2D eigenvalue weighted by Gasteiger charge is -2.13. The zero-order chi connectivity index (χ0) is 17.8. The first-order chi connectivity index (χ1) is 12.8. The monoisotopic (exact) mass is 347 g/mol.